The smallest absolute Gasteiger partial charge is 0.240 e. The Morgan fingerprint density at radius 2 is 2.03 bits per heavy atom. The zero-order valence-corrected chi connectivity index (χ0v) is 20.5. The summed E-state index contributed by atoms with van der Waals surface area (Å²) in [6.45, 7) is 5.04. The third-order valence-corrected chi connectivity index (χ3v) is 9.50. The van der Waals surface area contributed by atoms with Gasteiger partial charge in [0.1, 0.15) is 6.04 Å². The number of nitrogens with one attached hydrogen (secondary N) is 1. The molecule has 1 aromatic carbocycles. The van der Waals surface area contributed by atoms with Gasteiger partial charge in [-0.3, -0.25) is 14.5 Å². The monoisotopic (exact) mass is 485 g/mol. The predicted octanol–water partition coefficient (Wildman–Crippen LogP) is 1.09. The van der Waals surface area contributed by atoms with Gasteiger partial charge in [0.05, 0.1) is 23.0 Å². The van der Waals surface area contributed by atoms with E-state index in [1.807, 2.05) is 24.8 Å². The standard InChI is InChI=1S/C24H31N5O4S/c1-14(23(30)29-18(11-25)7-17-9-21(17)29)12-27-13-19-10-22(27)24(31)28(19)15(2)16-5-4-6-20(8-16)34(32,33)26-3/h4-6,8,14-15,17-19,21-22,26H,7,9-10,12-13H2,1-3H3/t14-,15-,17+,18-,19+,21?,22+/m0/s1. The van der Waals surface area contributed by atoms with Crippen molar-refractivity contribution in [2.45, 2.75) is 68.2 Å². The maximum absolute atomic E-state index is 13.3. The van der Waals surface area contributed by atoms with Crippen molar-refractivity contribution in [2.75, 3.05) is 20.1 Å². The maximum atomic E-state index is 13.3. The second-order valence-electron chi connectivity index (χ2n) is 10.2. The van der Waals surface area contributed by atoms with Crippen LogP contribution in [0.25, 0.3) is 0 Å². The summed E-state index contributed by atoms with van der Waals surface area (Å²) in [5.41, 5.74) is 0.780. The number of rotatable bonds is 7. The molecule has 1 saturated carbocycles. The van der Waals surface area contributed by atoms with Crippen LogP contribution < -0.4 is 4.72 Å². The molecular weight excluding hydrogens is 454 g/mol. The fraction of sp³-hybridized carbons (Fsp3) is 0.625. The van der Waals surface area contributed by atoms with E-state index in [0.29, 0.717) is 25.4 Å². The Balaban J connectivity index is 1.25. The number of nitrogens with zero attached hydrogens (tertiary/aromatic N) is 4. The van der Waals surface area contributed by atoms with E-state index in [2.05, 4.69) is 15.7 Å². The number of nitriles is 1. The van der Waals surface area contributed by atoms with Gasteiger partial charge in [-0.25, -0.2) is 13.1 Å². The van der Waals surface area contributed by atoms with Crippen LogP contribution in [0.2, 0.25) is 0 Å². The molecule has 2 bridgehead atoms. The minimum Gasteiger partial charge on any atom is -0.330 e. The molecular formula is C24H31N5O4S. The lowest BCUT2D eigenvalue weighted by Crippen LogP contribution is -2.53. The van der Waals surface area contributed by atoms with Gasteiger partial charge in [0, 0.05) is 31.1 Å². The fourth-order valence-corrected chi connectivity index (χ4v) is 6.98. The van der Waals surface area contributed by atoms with Crippen LogP contribution in [0.1, 0.15) is 44.7 Å². The number of sulfonamides is 1. The molecule has 9 nitrogen and oxygen atoms in total. The topological polar surface area (TPSA) is 114 Å². The molecule has 1 N–H and O–H groups in total. The van der Waals surface area contributed by atoms with Crippen molar-refractivity contribution in [3.05, 3.63) is 29.8 Å². The molecule has 34 heavy (non-hydrogen) atoms. The van der Waals surface area contributed by atoms with Crippen LogP contribution in [-0.4, -0.2) is 79.2 Å². The summed E-state index contributed by atoms with van der Waals surface area (Å²) in [6, 6.07) is 8.45. The molecule has 4 aliphatic rings. The first-order valence-corrected chi connectivity index (χ1v) is 13.5. The summed E-state index contributed by atoms with van der Waals surface area (Å²) in [4.78, 5) is 32.4. The third-order valence-electron chi connectivity index (χ3n) is 8.09. The first kappa shape index (κ1) is 23.3. The van der Waals surface area contributed by atoms with E-state index in [-0.39, 0.29) is 52.8 Å². The second-order valence-corrected chi connectivity index (χ2v) is 12.0. The van der Waals surface area contributed by atoms with Crippen LogP contribution in [0, 0.1) is 23.2 Å². The number of piperazine rings is 1. The minimum atomic E-state index is -3.56. The molecule has 3 saturated heterocycles. The SMILES string of the molecule is CNS(=O)(=O)c1cccc([C@H](C)N2C(=O)[C@H]3C[C@@H]2CN3C[C@H](C)C(=O)N2C3C[C@H]3C[C@H]2C#N)c1. The summed E-state index contributed by atoms with van der Waals surface area (Å²) in [5, 5.41) is 9.42. The second kappa shape index (κ2) is 8.33. The third kappa shape index (κ3) is 3.70. The number of carbonyl (C=O) groups is 2. The average Bonchev–Trinajstić information content (AvgIpc) is 3.15. The fourth-order valence-electron chi connectivity index (χ4n) is 6.19. The normalized spacial score (nSPS) is 31.9. The molecule has 1 aromatic rings. The van der Waals surface area contributed by atoms with Crippen LogP contribution in [0.3, 0.4) is 0 Å². The van der Waals surface area contributed by atoms with Gasteiger partial charge in [0.25, 0.3) is 0 Å². The van der Waals surface area contributed by atoms with Crippen molar-refractivity contribution in [3.63, 3.8) is 0 Å². The molecule has 182 valence electrons. The number of fused-ring (bicyclic) bond motifs is 3. The van der Waals surface area contributed by atoms with E-state index < -0.39 is 10.0 Å². The Bertz CT molecular complexity index is 1160. The van der Waals surface area contributed by atoms with Crippen LogP contribution in [0.5, 0.6) is 0 Å². The number of piperidine rings is 1. The molecule has 0 aromatic heterocycles. The quantitative estimate of drug-likeness (QED) is 0.619. The van der Waals surface area contributed by atoms with Crippen LogP contribution in [0.15, 0.2) is 29.2 Å². The van der Waals surface area contributed by atoms with Gasteiger partial charge < -0.3 is 9.80 Å². The number of likely N-dealkylation sites (tertiary alicyclic amines) is 3. The number of hydrogen-bond donors (Lipinski definition) is 1. The Morgan fingerprint density at radius 1 is 1.26 bits per heavy atom. The summed E-state index contributed by atoms with van der Waals surface area (Å²) in [7, 11) is -2.19. The number of benzene rings is 1. The van der Waals surface area contributed by atoms with Crippen molar-refractivity contribution in [2.24, 2.45) is 11.8 Å². The van der Waals surface area contributed by atoms with Crippen LogP contribution in [-0.2, 0) is 19.6 Å². The van der Waals surface area contributed by atoms with Gasteiger partial charge in [0.15, 0.2) is 0 Å². The van der Waals surface area contributed by atoms with E-state index in [0.717, 1.165) is 18.4 Å². The molecule has 0 radical (unpaired) electrons. The Labute approximate surface area is 200 Å². The van der Waals surface area contributed by atoms with E-state index in [4.69, 9.17) is 0 Å². The lowest BCUT2D eigenvalue weighted by Gasteiger charge is -2.38. The van der Waals surface area contributed by atoms with Crippen molar-refractivity contribution in [1.29, 1.82) is 5.26 Å². The van der Waals surface area contributed by atoms with Gasteiger partial charge in [-0.15, -0.1) is 0 Å². The first-order valence-electron chi connectivity index (χ1n) is 12.0. The molecule has 3 heterocycles. The van der Waals surface area contributed by atoms with Crippen molar-refractivity contribution in [1.82, 2.24) is 19.4 Å². The van der Waals surface area contributed by atoms with E-state index >= 15 is 0 Å². The van der Waals surface area contributed by atoms with Crippen LogP contribution in [0.4, 0.5) is 0 Å². The Morgan fingerprint density at radius 3 is 2.71 bits per heavy atom. The molecule has 3 aliphatic heterocycles. The molecule has 7 atom stereocenters. The van der Waals surface area contributed by atoms with Crippen molar-refractivity contribution < 1.29 is 18.0 Å². The highest BCUT2D eigenvalue weighted by molar-refractivity contribution is 7.89. The highest BCUT2D eigenvalue weighted by atomic mass is 32.2. The average molecular weight is 486 g/mol. The van der Waals surface area contributed by atoms with E-state index in [9.17, 15) is 23.3 Å². The summed E-state index contributed by atoms with van der Waals surface area (Å²) < 4.78 is 26.7. The Kier molecular flexibility index (Phi) is 5.70. The molecule has 10 heteroatoms. The van der Waals surface area contributed by atoms with E-state index in [1.54, 1.807) is 23.1 Å². The Hall–Kier alpha value is -2.48. The van der Waals surface area contributed by atoms with Gasteiger partial charge in [-0.2, -0.15) is 5.26 Å². The van der Waals surface area contributed by atoms with Gasteiger partial charge in [-0.1, -0.05) is 19.1 Å². The highest BCUT2D eigenvalue weighted by Gasteiger charge is 2.55. The molecule has 2 amide bonds. The summed E-state index contributed by atoms with van der Waals surface area (Å²) in [6.07, 6.45) is 2.51. The molecule has 0 spiro atoms. The van der Waals surface area contributed by atoms with Crippen molar-refractivity contribution in [3.8, 4) is 6.07 Å². The van der Waals surface area contributed by atoms with Crippen LogP contribution >= 0.6 is 0 Å². The maximum Gasteiger partial charge on any atom is 0.240 e. The zero-order chi connectivity index (χ0) is 24.4. The lowest BCUT2D eigenvalue weighted by atomic mass is 10.0. The molecule has 1 aliphatic carbocycles. The predicted molar refractivity (Wildman–Crippen MR) is 124 cm³/mol. The largest absolute Gasteiger partial charge is 0.330 e. The minimum absolute atomic E-state index is 0.0274. The molecule has 1 unspecified atom stereocenters. The number of hydrogen-bond acceptors (Lipinski definition) is 6. The van der Waals surface area contributed by atoms with Gasteiger partial charge in [-0.05, 0) is 56.8 Å². The first-order chi connectivity index (χ1) is 16.2. The van der Waals surface area contributed by atoms with Gasteiger partial charge >= 0.3 is 0 Å². The molecule has 5 rings (SSSR count). The van der Waals surface area contributed by atoms with Crippen molar-refractivity contribution >= 4 is 21.8 Å². The number of carbonyl (C=O) groups excluding carboxylic acids is 2. The van der Waals surface area contributed by atoms with Gasteiger partial charge in [0.2, 0.25) is 21.8 Å². The summed E-state index contributed by atoms with van der Waals surface area (Å²) in [5.74, 6) is 0.279. The summed E-state index contributed by atoms with van der Waals surface area (Å²) >= 11 is 0. The number of amides is 2. The lowest BCUT2D eigenvalue weighted by molar-refractivity contribution is -0.142. The van der Waals surface area contributed by atoms with E-state index in [1.165, 1.54) is 7.05 Å². The molecule has 4 fully saturated rings. The highest BCUT2D eigenvalue weighted by Crippen LogP contribution is 2.48. The zero-order valence-electron chi connectivity index (χ0n) is 19.7.